The van der Waals surface area contributed by atoms with Crippen molar-refractivity contribution in [3.8, 4) is 0 Å². The first-order chi connectivity index (χ1) is 14.4. The second-order valence-corrected chi connectivity index (χ2v) is 9.52. The molecular weight excluding hydrogens is 374 g/mol. The monoisotopic (exact) mass is 403 g/mol. The van der Waals surface area contributed by atoms with E-state index in [0.29, 0.717) is 18.2 Å². The highest BCUT2D eigenvalue weighted by atomic mass is 16.1. The number of hydrogen-bond acceptors (Lipinski definition) is 6. The van der Waals surface area contributed by atoms with Crippen LogP contribution in [0.1, 0.15) is 63.0 Å². The standard InChI is InChI=1S/C24H29N5O/c1-24(2)13-16-19(17(30)14-24)18(15-9-5-3-6-10-15)20-21(25)27-23(28-22(20)26-16)29-11-7-4-8-12-29/h3,5-6,9-10,18H,4,7-8,11-14H2,1-2H3,(H3,25,26,27,28). The fourth-order valence-corrected chi connectivity index (χ4v) is 5.14. The molecule has 0 amide bonds. The fourth-order valence-electron chi connectivity index (χ4n) is 5.14. The van der Waals surface area contributed by atoms with Gasteiger partial charge in [-0.1, -0.05) is 44.2 Å². The predicted molar refractivity (Wildman–Crippen MR) is 119 cm³/mol. The number of hydrogen-bond donors (Lipinski definition) is 2. The summed E-state index contributed by atoms with van der Waals surface area (Å²) in [6.45, 7) is 6.22. The Balaban J connectivity index is 1.67. The molecule has 1 unspecified atom stereocenters. The summed E-state index contributed by atoms with van der Waals surface area (Å²) in [5.41, 5.74) is 10.2. The summed E-state index contributed by atoms with van der Waals surface area (Å²) < 4.78 is 0. The van der Waals surface area contributed by atoms with E-state index >= 15 is 0 Å². The predicted octanol–water partition coefficient (Wildman–Crippen LogP) is 4.25. The molecular formula is C24H29N5O. The van der Waals surface area contributed by atoms with Gasteiger partial charge in [-0.15, -0.1) is 0 Å². The Morgan fingerprint density at radius 3 is 2.53 bits per heavy atom. The summed E-state index contributed by atoms with van der Waals surface area (Å²) in [4.78, 5) is 25.1. The largest absolute Gasteiger partial charge is 0.383 e. The quantitative estimate of drug-likeness (QED) is 0.780. The van der Waals surface area contributed by atoms with Crippen LogP contribution in [0.15, 0.2) is 41.6 Å². The van der Waals surface area contributed by atoms with Crippen LogP contribution in [-0.2, 0) is 4.79 Å². The van der Waals surface area contributed by atoms with E-state index in [9.17, 15) is 4.79 Å². The van der Waals surface area contributed by atoms with Crippen molar-refractivity contribution in [3.63, 3.8) is 0 Å². The number of carbonyl (C=O) groups is 1. The van der Waals surface area contributed by atoms with Gasteiger partial charge in [0.2, 0.25) is 5.95 Å². The number of aromatic nitrogens is 2. The van der Waals surface area contributed by atoms with E-state index in [1.165, 1.54) is 6.42 Å². The number of Topliss-reactive ketones (excluding diaryl/α,β-unsaturated/α-hetero) is 1. The molecule has 156 valence electrons. The maximum atomic E-state index is 13.3. The molecule has 0 spiro atoms. The number of anilines is 3. The highest BCUT2D eigenvalue weighted by Gasteiger charge is 2.42. The van der Waals surface area contributed by atoms with Gasteiger partial charge in [0.1, 0.15) is 11.6 Å². The van der Waals surface area contributed by atoms with Crippen LogP contribution < -0.4 is 16.0 Å². The Morgan fingerprint density at radius 2 is 1.80 bits per heavy atom. The zero-order chi connectivity index (χ0) is 20.9. The summed E-state index contributed by atoms with van der Waals surface area (Å²) >= 11 is 0. The van der Waals surface area contributed by atoms with Crippen LogP contribution in [0.2, 0.25) is 0 Å². The van der Waals surface area contributed by atoms with Gasteiger partial charge in [-0.05, 0) is 36.7 Å². The average molecular weight is 404 g/mol. The van der Waals surface area contributed by atoms with Gasteiger partial charge in [-0.3, -0.25) is 4.79 Å². The van der Waals surface area contributed by atoms with Crippen molar-refractivity contribution in [3.05, 3.63) is 52.7 Å². The van der Waals surface area contributed by atoms with Gasteiger partial charge < -0.3 is 16.0 Å². The van der Waals surface area contributed by atoms with Gasteiger partial charge in [0, 0.05) is 42.3 Å². The Bertz CT molecular complexity index is 1020. The number of nitrogen functional groups attached to an aromatic ring is 1. The van der Waals surface area contributed by atoms with Crippen LogP contribution in [-0.4, -0.2) is 28.8 Å². The lowest BCUT2D eigenvalue weighted by atomic mass is 9.69. The SMILES string of the molecule is CC1(C)CC(=O)C2=C(C1)Nc1nc(N3CCCCC3)nc(N)c1C2c1ccccc1. The molecule has 1 fully saturated rings. The molecule has 0 saturated carbocycles. The molecule has 3 aliphatic rings. The molecule has 30 heavy (non-hydrogen) atoms. The second-order valence-electron chi connectivity index (χ2n) is 9.52. The smallest absolute Gasteiger partial charge is 0.229 e. The van der Waals surface area contributed by atoms with Crippen LogP contribution in [0.25, 0.3) is 0 Å². The number of nitrogens with two attached hydrogens (primary N) is 1. The summed E-state index contributed by atoms with van der Waals surface area (Å²) in [7, 11) is 0. The third kappa shape index (κ3) is 3.24. The topological polar surface area (TPSA) is 84.1 Å². The lowest BCUT2D eigenvalue weighted by Gasteiger charge is -2.39. The summed E-state index contributed by atoms with van der Waals surface area (Å²) in [6.07, 6.45) is 4.91. The Morgan fingerprint density at radius 1 is 1.07 bits per heavy atom. The zero-order valence-electron chi connectivity index (χ0n) is 17.7. The minimum atomic E-state index is -0.226. The van der Waals surface area contributed by atoms with E-state index in [2.05, 4.69) is 36.2 Å². The van der Waals surface area contributed by atoms with Gasteiger partial charge in [0.25, 0.3) is 0 Å². The van der Waals surface area contributed by atoms with Gasteiger partial charge in [-0.2, -0.15) is 9.97 Å². The first-order valence-electron chi connectivity index (χ1n) is 10.9. The number of ketones is 1. The first kappa shape index (κ1) is 19.1. The van der Waals surface area contributed by atoms with Crippen molar-refractivity contribution in [2.45, 2.75) is 51.9 Å². The molecule has 3 heterocycles. The molecule has 5 rings (SSSR count). The van der Waals surface area contributed by atoms with Crippen molar-refractivity contribution >= 4 is 23.4 Å². The van der Waals surface area contributed by atoms with Crippen molar-refractivity contribution < 1.29 is 4.79 Å². The van der Waals surface area contributed by atoms with Gasteiger partial charge in [0.15, 0.2) is 5.78 Å². The lowest BCUT2D eigenvalue weighted by molar-refractivity contribution is -0.118. The van der Waals surface area contributed by atoms with E-state index in [4.69, 9.17) is 15.7 Å². The number of rotatable bonds is 2. The average Bonchev–Trinajstić information content (AvgIpc) is 2.72. The molecule has 0 bridgehead atoms. The number of benzene rings is 1. The molecule has 1 aromatic heterocycles. The van der Waals surface area contributed by atoms with Gasteiger partial charge in [0.05, 0.1) is 0 Å². The molecule has 1 aliphatic carbocycles. The third-order valence-corrected chi connectivity index (χ3v) is 6.50. The summed E-state index contributed by atoms with van der Waals surface area (Å²) in [5, 5.41) is 3.51. The van der Waals surface area contributed by atoms with Crippen LogP contribution in [0.5, 0.6) is 0 Å². The van der Waals surface area contributed by atoms with Crippen molar-refractivity contribution in [2.75, 3.05) is 29.0 Å². The molecule has 6 heteroatoms. The molecule has 0 radical (unpaired) electrons. The van der Waals surface area contributed by atoms with Crippen molar-refractivity contribution in [1.82, 2.24) is 9.97 Å². The second kappa shape index (κ2) is 7.11. The molecule has 1 aromatic carbocycles. The fraction of sp³-hybridized carbons (Fsp3) is 0.458. The number of nitrogens with one attached hydrogen (secondary N) is 1. The van der Waals surface area contributed by atoms with Crippen LogP contribution in [0.3, 0.4) is 0 Å². The van der Waals surface area contributed by atoms with Crippen LogP contribution in [0, 0.1) is 5.41 Å². The van der Waals surface area contributed by atoms with E-state index in [1.807, 2.05) is 18.2 Å². The minimum Gasteiger partial charge on any atom is -0.383 e. The molecule has 3 N–H and O–H groups in total. The van der Waals surface area contributed by atoms with E-state index in [1.54, 1.807) is 0 Å². The van der Waals surface area contributed by atoms with E-state index in [-0.39, 0.29) is 17.1 Å². The number of allylic oxidation sites excluding steroid dienone is 2. The van der Waals surface area contributed by atoms with E-state index < -0.39 is 0 Å². The molecule has 2 aliphatic heterocycles. The highest BCUT2D eigenvalue weighted by molar-refractivity contribution is 6.02. The maximum absolute atomic E-state index is 13.3. The maximum Gasteiger partial charge on any atom is 0.229 e. The van der Waals surface area contributed by atoms with Crippen molar-refractivity contribution in [2.24, 2.45) is 5.41 Å². The Hall–Kier alpha value is -2.89. The lowest BCUT2D eigenvalue weighted by Crippen LogP contribution is -2.36. The van der Waals surface area contributed by atoms with Crippen LogP contribution in [0.4, 0.5) is 17.6 Å². The Kier molecular flexibility index (Phi) is 4.53. The Labute approximate surface area is 177 Å². The molecule has 1 atom stereocenters. The number of fused-ring (bicyclic) bond motifs is 1. The third-order valence-electron chi connectivity index (χ3n) is 6.50. The number of nitrogens with zero attached hydrogens (tertiary/aromatic N) is 3. The van der Waals surface area contributed by atoms with E-state index in [0.717, 1.165) is 60.6 Å². The summed E-state index contributed by atoms with van der Waals surface area (Å²) in [6, 6.07) is 10.1. The molecule has 2 aromatic rings. The molecule has 6 nitrogen and oxygen atoms in total. The highest BCUT2D eigenvalue weighted by Crippen LogP contribution is 2.50. The zero-order valence-corrected chi connectivity index (χ0v) is 17.7. The number of carbonyl (C=O) groups excluding carboxylic acids is 1. The number of piperidine rings is 1. The van der Waals surface area contributed by atoms with Gasteiger partial charge in [-0.25, -0.2) is 0 Å². The van der Waals surface area contributed by atoms with Gasteiger partial charge >= 0.3 is 0 Å². The van der Waals surface area contributed by atoms with Crippen molar-refractivity contribution in [1.29, 1.82) is 0 Å². The first-order valence-corrected chi connectivity index (χ1v) is 10.9. The summed E-state index contributed by atoms with van der Waals surface area (Å²) in [5.74, 6) is 1.87. The normalized spacial score (nSPS) is 22.9. The molecule has 1 saturated heterocycles. The minimum absolute atomic E-state index is 0.0735. The van der Waals surface area contributed by atoms with Crippen LogP contribution >= 0.6 is 0 Å².